The van der Waals surface area contributed by atoms with Gasteiger partial charge in [0.1, 0.15) is 0 Å². The van der Waals surface area contributed by atoms with Gasteiger partial charge in [-0.3, -0.25) is 0 Å². The van der Waals surface area contributed by atoms with Crippen LogP contribution < -0.4 is 41.9 Å². The molecule has 9 heteroatoms. The second-order valence-electron chi connectivity index (χ2n) is 7.92. The predicted molar refractivity (Wildman–Crippen MR) is 122 cm³/mol. The van der Waals surface area contributed by atoms with Crippen molar-refractivity contribution in [2.45, 2.75) is 10.8 Å². The number of pyridine rings is 1. The summed E-state index contributed by atoms with van der Waals surface area (Å²) in [6.45, 7) is 3.46. The number of amides is 1. The third-order valence-corrected chi connectivity index (χ3v) is 8.87. The first-order valence-corrected chi connectivity index (χ1v) is 13.4. The van der Waals surface area contributed by atoms with Gasteiger partial charge in [-0.05, 0) is 0 Å². The number of aromatic nitrogens is 2. The molecule has 2 aromatic heterocycles. The molecule has 7 nitrogen and oxygen atoms in total. The van der Waals surface area contributed by atoms with Crippen LogP contribution in [0.3, 0.4) is 0 Å². The van der Waals surface area contributed by atoms with Crippen molar-refractivity contribution in [2.75, 3.05) is 35.3 Å². The fraction of sp³-hybridized carbons (Fsp3) is 0.250. The quantitative estimate of drug-likeness (QED) is 0.220. The molecule has 0 fully saturated rings. The first kappa shape index (κ1) is 21.7. The number of hydrogen-bond acceptors (Lipinski definition) is 5. The van der Waals surface area contributed by atoms with E-state index in [-0.39, 0.29) is 36.8 Å². The molecule has 4 N–H and O–H groups in total. The number of para-hydroxylation sites is 1. The number of hydrogen-bond donors (Lipinski definition) is 4. The number of methoxy groups -OCH3 is 1. The van der Waals surface area contributed by atoms with Crippen molar-refractivity contribution >= 4 is 23.0 Å². The molecule has 33 heavy (non-hydrogen) atoms. The molecule has 172 valence electrons. The number of allylic oxidation sites excluding steroid dienone is 1. The van der Waals surface area contributed by atoms with Crippen molar-refractivity contribution in [3.8, 4) is 17.0 Å². The van der Waals surface area contributed by atoms with E-state index in [1.807, 2.05) is 6.07 Å². The third kappa shape index (κ3) is 4.05. The SMILES string of the molecule is COc1c(F)cccc1Nc1c2[nH]c3c1C(=O)NCC3[I-]C/C=C(\C)CNc1cnccc1-2. The van der Waals surface area contributed by atoms with Gasteiger partial charge in [0.05, 0.1) is 0 Å². The van der Waals surface area contributed by atoms with Crippen LogP contribution in [0.4, 0.5) is 21.5 Å². The van der Waals surface area contributed by atoms with Crippen LogP contribution in [0.25, 0.3) is 11.3 Å². The molecule has 3 aromatic rings. The van der Waals surface area contributed by atoms with E-state index in [9.17, 15) is 9.18 Å². The van der Waals surface area contributed by atoms with Gasteiger partial charge < -0.3 is 0 Å². The van der Waals surface area contributed by atoms with E-state index in [4.69, 9.17) is 4.74 Å². The standard InChI is InChI=1S/C24H24FIN5O2/c1-13-6-8-26-16-11-29-24(32)19-21(16)31-20(14-7-9-27-12-18(14)28-10-13)22(19)30-17-5-3-4-15(25)23(17)33-2/h3-7,9,12,16,28,30-31H,8,10-11H2,1-2H3,(H,29,32)/q-1/b13-6+. The van der Waals surface area contributed by atoms with Crippen LogP contribution in [-0.2, 0) is 0 Å². The molecule has 2 aliphatic rings. The van der Waals surface area contributed by atoms with Crippen LogP contribution in [0.5, 0.6) is 5.75 Å². The Hall–Kier alpha value is -3.08. The number of aromatic amines is 1. The molecule has 0 saturated heterocycles. The van der Waals surface area contributed by atoms with Crippen molar-refractivity contribution in [3.05, 3.63) is 65.4 Å². The van der Waals surface area contributed by atoms with Crippen molar-refractivity contribution < 1.29 is 35.1 Å². The van der Waals surface area contributed by atoms with E-state index in [1.165, 1.54) is 18.7 Å². The van der Waals surface area contributed by atoms with Crippen LogP contribution in [-0.4, -0.2) is 40.5 Å². The van der Waals surface area contributed by atoms with Crippen molar-refractivity contribution in [2.24, 2.45) is 0 Å². The summed E-state index contributed by atoms with van der Waals surface area (Å²) in [4.78, 5) is 21.0. The van der Waals surface area contributed by atoms with Gasteiger partial charge in [-0.15, -0.1) is 0 Å². The molecule has 2 aliphatic heterocycles. The minimum atomic E-state index is -0.472. The first-order chi connectivity index (χ1) is 16.1. The summed E-state index contributed by atoms with van der Waals surface area (Å²) in [7, 11) is 1.43. The van der Waals surface area contributed by atoms with Gasteiger partial charge in [-0.2, -0.15) is 0 Å². The molecule has 1 atom stereocenters. The van der Waals surface area contributed by atoms with Gasteiger partial charge in [-0.25, -0.2) is 0 Å². The van der Waals surface area contributed by atoms with Crippen LogP contribution in [0, 0.1) is 5.82 Å². The van der Waals surface area contributed by atoms with Crippen molar-refractivity contribution in [1.29, 1.82) is 0 Å². The Morgan fingerprint density at radius 3 is 3.00 bits per heavy atom. The zero-order chi connectivity index (χ0) is 22.9. The van der Waals surface area contributed by atoms with E-state index in [0.29, 0.717) is 30.0 Å². The number of anilines is 3. The van der Waals surface area contributed by atoms with Gasteiger partial charge in [-0.1, -0.05) is 0 Å². The molecule has 1 aromatic carbocycles. The topological polar surface area (TPSA) is 91.1 Å². The molecule has 4 heterocycles. The second-order valence-corrected chi connectivity index (χ2v) is 11.2. The van der Waals surface area contributed by atoms with Crippen LogP contribution in [0.15, 0.2) is 48.3 Å². The summed E-state index contributed by atoms with van der Waals surface area (Å²) in [5, 5.41) is 9.86. The number of nitrogens with one attached hydrogen (secondary N) is 4. The summed E-state index contributed by atoms with van der Waals surface area (Å²) >= 11 is -0.244. The molecule has 0 spiro atoms. The zero-order valence-corrected chi connectivity index (χ0v) is 20.4. The second kappa shape index (κ2) is 9.05. The number of rotatable bonds is 3. The number of ether oxygens (including phenoxy) is 1. The third-order valence-electron chi connectivity index (χ3n) is 5.79. The molecule has 1 unspecified atom stereocenters. The Labute approximate surface area is 201 Å². The Balaban J connectivity index is 1.73. The summed E-state index contributed by atoms with van der Waals surface area (Å²) in [6.07, 6.45) is 5.80. The molecule has 5 rings (SSSR count). The Kier molecular flexibility index (Phi) is 5.96. The fourth-order valence-electron chi connectivity index (χ4n) is 4.11. The number of alkyl halides is 2. The van der Waals surface area contributed by atoms with E-state index < -0.39 is 5.82 Å². The zero-order valence-electron chi connectivity index (χ0n) is 18.3. The number of benzene rings is 1. The monoisotopic (exact) mass is 560 g/mol. The van der Waals surface area contributed by atoms with Crippen LogP contribution >= 0.6 is 0 Å². The molecule has 1 amide bonds. The van der Waals surface area contributed by atoms with Gasteiger partial charge >= 0.3 is 202 Å². The summed E-state index contributed by atoms with van der Waals surface area (Å²) in [5.41, 5.74) is 6.36. The first-order valence-electron chi connectivity index (χ1n) is 10.6. The summed E-state index contributed by atoms with van der Waals surface area (Å²) < 4.78 is 21.0. The van der Waals surface area contributed by atoms with Crippen LogP contribution in [0.2, 0.25) is 0 Å². The van der Waals surface area contributed by atoms with E-state index in [0.717, 1.165) is 27.1 Å². The number of fused-ring (bicyclic) bond motifs is 3. The van der Waals surface area contributed by atoms with Gasteiger partial charge in [0.15, 0.2) is 0 Å². The maximum absolute atomic E-state index is 14.4. The average molecular weight is 560 g/mol. The van der Waals surface area contributed by atoms with Gasteiger partial charge in [0.25, 0.3) is 0 Å². The molecule has 0 saturated carbocycles. The number of halogens is 2. The number of H-pyrrole nitrogens is 1. The van der Waals surface area contributed by atoms with Gasteiger partial charge in [0.2, 0.25) is 0 Å². The fourth-order valence-corrected chi connectivity index (χ4v) is 7.17. The number of carbonyl (C=O) groups excluding carboxylic acids is 1. The molecular weight excluding hydrogens is 536 g/mol. The normalized spacial score (nSPS) is 19.3. The predicted octanol–water partition coefficient (Wildman–Crippen LogP) is 1.21. The summed E-state index contributed by atoms with van der Waals surface area (Å²) in [6, 6.07) is 6.62. The van der Waals surface area contributed by atoms with E-state index >= 15 is 0 Å². The van der Waals surface area contributed by atoms with Gasteiger partial charge in [0, 0.05) is 0 Å². The minimum absolute atomic E-state index is 0.101. The Morgan fingerprint density at radius 1 is 1.27 bits per heavy atom. The van der Waals surface area contributed by atoms with Crippen molar-refractivity contribution in [3.63, 3.8) is 0 Å². The molecular formula is C24H24FIN5O2-. The number of nitrogens with zero attached hydrogens (tertiary/aromatic N) is 1. The maximum atomic E-state index is 14.4. The number of carbonyl (C=O) groups is 1. The Bertz CT molecular complexity index is 1260. The molecule has 0 aliphatic carbocycles. The van der Waals surface area contributed by atoms with E-state index in [1.54, 1.807) is 24.5 Å². The molecule has 0 radical (unpaired) electrons. The van der Waals surface area contributed by atoms with Crippen molar-refractivity contribution in [1.82, 2.24) is 15.3 Å². The van der Waals surface area contributed by atoms with Crippen LogP contribution in [0.1, 0.15) is 26.9 Å². The Morgan fingerprint density at radius 2 is 2.15 bits per heavy atom. The molecule has 2 bridgehead atoms. The van der Waals surface area contributed by atoms with E-state index in [2.05, 4.69) is 38.9 Å². The average Bonchev–Trinajstić information content (AvgIpc) is 3.19. The summed E-state index contributed by atoms with van der Waals surface area (Å²) in [5.74, 6) is -0.513.